The summed E-state index contributed by atoms with van der Waals surface area (Å²) in [5.74, 6) is 2.09. The summed E-state index contributed by atoms with van der Waals surface area (Å²) >= 11 is 0. The first-order valence-corrected chi connectivity index (χ1v) is 10.1. The molecule has 0 saturated heterocycles. The Morgan fingerprint density at radius 1 is 1.08 bits per heavy atom. The molecule has 0 unspecified atom stereocenters. The van der Waals surface area contributed by atoms with Gasteiger partial charge in [0, 0.05) is 62.4 Å². The lowest BCUT2D eigenvalue weighted by Crippen LogP contribution is -2.36. The van der Waals surface area contributed by atoms with Crippen molar-refractivity contribution in [1.29, 1.82) is 0 Å². The topological polar surface area (TPSA) is 43.2 Å². The zero-order chi connectivity index (χ0) is 17.3. The average Bonchev–Trinajstić information content (AvgIpc) is 3.57. The molecule has 0 bridgehead atoms. The maximum Gasteiger partial charge on any atom is 0.0562 e. The Balaban J connectivity index is 1.32. The third-order valence-corrected chi connectivity index (χ3v) is 5.85. The molecule has 2 aromatic rings. The number of nitrogens with zero attached hydrogens (tertiary/aromatic N) is 4. The summed E-state index contributed by atoms with van der Waals surface area (Å²) in [6, 6.07) is 4.19. The number of fused-ring (bicyclic) bond motifs is 1. The third kappa shape index (κ3) is 3.84. The van der Waals surface area contributed by atoms with Gasteiger partial charge < -0.3 is 4.74 Å². The first kappa shape index (κ1) is 16.5. The van der Waals surface area contributed by atoms with Gasteiger partial charge in [0.05, 0.1) is 12.8 Å². The van der Waals surface area contributed by atoms with Crippen LogP contribution in [0.2, 0.25) is 0 Å². The Labute approximate surface area is 155 Å². The minimum Gasteiger partial charge on any atom is -0.380 e. The molecule has 5 heteroatoms. The molecule has 138 valence electrons. The normalized spacial score (nSPS) is 23.2. The number of hydrogen-bond donors (Lipinski definition) is 0. The molecule has 2 saturated carbocycles. The zero-order valence-corrected chi connectivity index (χ0v) is 15.4. The Hall–Kier alpha value is -1.72. The van der Waals surface area contributed by atoms with Crippen molar-refractivity contribution < 1.29 is 4.74 Å². The van der Waals surface area contributed by atoms with Gasteiger partial charge in [-0.05, 0) is 49.1 Å². The van der Waals surface area contributed by atoms with Gasteiger partial charge in [0.15, 0.2) is 0 Å². The van der Waals surface area contributed by atoms with Crippen LogP contribution >= 0.6 is 0 Å². The van der Waals surface area contributed by atoms with Crippen LogP contribution in [-0.2, 0) is 24.4 Å². The number of aromatic nitrogens is 3. The fourth-order valence-electron chi connectivity index (χ4n) is 4.09. The van der Waals surface area contributed by atoms with Gasteiger partial charge in [0.1, 0.15) is 0 Å². The molecule has 1 atom stereocenters. The van der Waals surface area contributed by atoms with E-state index in [1.54, 1.807) is 0 Å². The van der Waals surface area contributed by atoms with Gasteiger partial charge >= 0.3 is 0 Å². The Kier molecular flexibility index (Phi) is 4.51. The van der Waals surface area contributed by atoms with Crippen LogP contribution in [0.25, 0.3) is 0 Å². The highest BCUT2D eigenvalue weighted by atomic mass is 16.5. The van der Waals surface area contributed by atoms with Crippen molar-refractivity contribution in [3.63, 3.8) is 0 Å². The van der Waals surface area contributed by atoms with Crippen LogP contribution in [0.1, 0.15) is 48.4 Å². The van der Waals surface area contributed by atoms with Crippen molar-refractivity contribution in [3.05, 3.63) is 47.5 Å². The van der Waals surface area contributed by atoms with Crippen molar-refractivity contribution in [2.45, 2.75) is 51.2 Å². The fourth-order valence-corrected chi connectivity index (χ4v) is 4.09. The standard InChI is InChI=1S/C21H28N4O/c1-2-18(8-22-7-1)10-24-12-19-9-23-25(11-16-3-4-16)21(19)20(13-24)15-26-14-17-5-6-17/h1-2,7-9,16-17,20H,3-6,10-15H2/t20-/m0/s1. The first-order valence-electron chi connectivity index (χ1n) is 10.1. The zero-order valence-electron chi connectivity index (χ0n) is 15.4. The van der Waals surface area contributed by atoms with Gasteiger partial charge in [-0.1, -0.05) is 6.07 Å². The third-order valence-electron chi connectivity index (χ3n) is 5.85. The van der Waals surface area contributed by atoms with E-state index in [0.717, 1.165) is 51.2 Å². The number of pyridine rings is 1. The number of rotatable bonds is 8. The Morgan fingerprint density at radius 2 is 1.96 bits per heavy atom. The minimum atomic E-state index is 0.426. The molecular formula is C21H28N4O. The summed E-state index contributed by atoms with van der Waals surface area (Å²) < 4.78 is 8.41. The van der Waals surface area contributed by atoms with Gasteiger partial charge in [-0.2, -0.15) is 5.10 Å². The van der Waals surface area contributed by atoms with E-state index in [1.807, 2.05) is 18.5 Å². The second-order valence-corrected chi connectivity index (χ2v) is 8.39. The van der Waals surface area contributed by atoms with Crippen molar-refractivity contribution in [1.82, 2.24) is 19.7 Å². The average molecular weight is 352 g/mol. The minimum absolute atomic E-state index is 0.426. The SMILES string of the molecule is c1cncc(CN2Cc3cnn(CC4CC4)c3[C@H](COCC3CC3)C2)c1. The molecule has 5 rings (SSSR count). The lowest BCUT2D eigenvalue weighted by atomic mass is 9.96. The van der Waals surface area contributed by atoms with Crippen molar-refractivity contribution in [2.24, 2.45) is 11.8 Å². The van der Waals surface area contributed by atoms with Crippen molar-refractivity contribution in [2.75, 3.05) is 19.8 Å². The highest BCUT2D eigenvalue weighted by molar-refractivity contribution is 5.26. The van der Waals surface area contributed by atoms with E-state index in [4.69, 9.17) is 9.84 Å². The lowest BCUT2D eigenvalue weighted by Gasteiger charge is -2.33. The summed E-state index contributed by atoms with van der Waals surface area (Å²) in [4.78, 5) is 6.79. The largest absolute Gasteiger partial charge is 0.380 e. The van der Waals surface area contributed by atoms with E-state index >= 15 is 0 Å². The second-order valence-electron chi connectivity index (χ2n) is 8.39. The maximum absolute atomic E-state index is 6.12. The van der Waals surface area contributed by atoms with Crippen LogP contribution in [0, 0.1) is 11.8 Å². The predicted octanol–water partition coefficient (Wildman–Crippen LogP) is 3.21. The van der Waals surface area contributed by atoms with Crippen LogP contribution in [0.3, 0.4) is 0 Å². The van der Waals surface area contributed by atoms with E-state index in [2.05, 4.69) is 26.8 Å². The highest BCUT2D eigenvalue weighted by Crippen LogP contribution is 2.35. The Bertz CT molecular complexity index is 736. The van der Waals surface area contributed by atoms with E-state index < -0.39 is 0 Å². The highest BCUT2D eigenvalue weighted by Gasteiger charge is 2.32. The van der Waals surface area contributed by atoms with Crippen LogP contribution in [-0.4, -0.2) is 39.4 Å². The van der Waals surface area contributed by atoms with Crippen molar-refractivity contribution >= 4 is 0 Å². The molecule has 0 spiro atoms. The number of ether oxygens (including phenoxy) is 1. The maximum atomic E-state index is 6.12. The molecule has 0 amide bonds. The van der Waals surface area contributed by atoms with E-state index in [9.17, 15) is 0 Å². The van der Waals surface area contributed by atoms with Gasteiger partial charge in [-0.3, -0.25) is 14.6 Å². The van der Waals surface area contributed by atoms with E-state index in [-0.39, 0.29) is 0 Å². The molecule has 0 radical (unpaired) electrons. The van der Waals surface area contributed by atoms with Crippen LogP contribution in [0.15, 0.2) is 30.7 Å². The molecule has 26 heavy (non-hydrogen) atoms. The second kappa shape index (κ2) is 7.12. The van der Waals surface area contributed by atoms with Gasteiger partial charge in [-0.15, -0.1) is 0 Å². The van der Waals surface area contributed by atoms with Crippen LogP contribution in [0.4, 0.5) is 0 Å². The van der Waals surface area contributed by atoms with Crippen LogP contribution < -0.4 is 0 Å². The monoisotopic (exact) mass is 352 g/mol. The van der Waals surface area contributed by atoms with E-state index in [0.29, 0.717) is 5.92 Å². The molecule has 1 aliphatic heterocycles. The molecule has 5 nitrogen and oxygen atoms in total. The van der Waals surface area contributed by atoms with Gasteiger partial charge in [0.25, 0.3) is 0 Å². The smallest absolute Gasteiger partial charge is 0.0562 e. The van der Waals surface area contributed by atoms with Gasteiger partial charge in [0.2, 0.25) is 0 Å². The fraction of sp³-hybridized carbons (Fsp3) is 0.619. The Morgan fingerprint density at radius 3 is 2.73 bits per heavy atom. The summed E-state index contributed by atoms with van der Waals surface area (Å²) in [7, 11) is 0. The quantitative estimate of drug-likeness (QED) is 0.732. The first-order chi connectivity index (χ1) is 12.8. The van der Waals surface area contributed by atoms with E-state index in [1.165, 1.54) is 42.5 Å². The summed E-state index contributed by atoms with van der Waals surface area (Å²) in [5.41, 5.74) is 4.11. The molecule has 2 aliphatic carbocycles. The molecule has 0 N–H and O–H groups in total. The van der Waals surface area contributed by atoms with Gasteiger partial charge in [-0.25, -0.2) is 0 Å². The molecule has 3 aliphatic rings. The summed E-state index contributed by atoms with van der Waals surface area (Å²) in [6.07, 6.45) is 11.3. The molecule has 3 heterocycles. The molecule has 0 aromatic carbocycles. The lowest BCUT2D eigenvalue weighted by molar-refractivity contribution is 0.0864. The van der Waals surface area contributed by atoms with Crippen molar-refractivity contribution in [3.8, 4) is 0 Å². The number of hydrogen-bond acceptors (Lipinski definition) is 4. The van der Waals surface area contributed by atoms with Crippen LogP contribution in [0.5, 0.6) is 0 Å². The predicted molar refractivity (Wildman–Crippen MR) is 99.6 cm³/mol. The summed E-state index contributed by atoms with van der Waals surface area (Å²) in [6.45, 7) is 5.82. The molecule has 2 aromatic heterocycles. The molecule has 2 fully saturated rings. The summed E-state index contributed by atoms with van der Waals surface area (Å²) in [5, 5.41) is 4.75. The molecular weight excluding hydrogens is 324 g/mol.